The molecule has 5 nitrogen and oxygen atoms in total. The Morgan fingerprint density at radius 3 is 2.83 bits per heavy atom. The van der Waals surface area contributed by atoms with Crippen molar-refractivity contribution in [3.05, 3.63) is 21.9 Å². The first-order valence-corrected chi connectivity index (χ1v) is 9.62. The third-order valence-corrected chi connectivity index (χ3v) is 5.72. The molecule has 1 fully saturated rings. The molecule has 2 rings (SSSR count). The number of amides is 2. The van der Waals surface area contributed by atoms with E-state index in [-0.39, 0.29) is 17.9 Å². The van der Waals surface area contributed by atoms with Crippen molar-refractivity contribution in [1.29, 1.82) is 0 Å². The quantitative estimate of drug-likeness (QED) is 0.821. The molecule has 0 spiro atoms. The van der Waals surface area contributed by atoms with Crippen molar-refractivity contribution in [2.75, 3.05) is 33.7 Å². The van der Waals surface area contributed by atoms with Gasteiger partial charge in [-0.2, -0.15) is 0 Å². The summed E-state index contributed by atoms with van der Waals surface area (Å²) in [7, 11) is 4.07. The molecule has 0 aromatic carbocycles. The first kappa shape index (κ1) is 18.9. The molecule has 1 N–H and O–H groups in total. The van der Waals surface area contributed by atoms with Gasteiger partial charge in [-0.15, -0.1) is 11.3 Å². The number of likely N-dealkylation sites (N-methyl/N-ethyl adjacent to an activating group) is 1. The average molecular weight is 352 g/mol. The molecule has 24 heavy (non-hydrogen) atoms. The van der Waals surface area contributed by atoms with E-state index < -0.39 is 0 Å². The predicted molar refractivity (Wildman–Crippen MR) is 98.2 cm³/mol. The van der Waals surface area contributed by atoms with E-state index in [0.29, 0.717) is 25.9 Å². The topological polar surface area (TPSA) is 52.7 Å². The molecule has 0 radical (unpaired) electrons. The van der Waals surface area contributed by atoms with Crippen LogP contribution in [0.1, 0.15) is 48.6 Å². The normalized spacial score (nSPS) is 17.0. The Bertz CT molecular complexity index is 556. The van der Waals surface area contributed by atoms with E-state index in [9.17, 15) is 9.59 Å². The molecule has 1 unspecified atom stereocenters. The first-order chi connectivity index (χ1) is 11.5. The lowest BCUT2D eigenvalue weighted by Crippen LogP contribution is -2.37. The smallest absolute Gasteiger partial charge is 0.222 e. The molecule has 0 aliphatic carbocycles. The highest BCUT2D eigenvalue weighted by Crippen LogP contribution is 2.26. The van der Waals surface area contributed by atoms with Gasteiger partial charge in [0.2, 0.25) is 11.8 Å². The van der Waals surface area contributed by atoms with Crippen LogP contribution in [0.2, 0.25) is 0 Å². The van der Waals surface area contributed by atoms with Crippen LogP contribution in [-0.2, 0) is 9.59 Å². The predicted octanol–water partition coefficient (Wildman–Crippen LogP) is 2.57. The molecule has 2 heterocycles. The number of aryl methyl sites for hydroxylation is 1. The molecule has 0 bridgehead atoms. The number of carbonyl (C=O) groups is 2. The minimum atomic E-state index is 0.0214. The van der Waals surface area contributed by atoms with Crippen LogP contribution >= 0.6 is 11.3 Å². The number of rotatable bonds is 7. The Hall–Kier alpha value is -1.40. The van der Waals surface area contributed by atoms with Gasteiger partial charge >= 0.3 is 0 Å². The van der Waals surface area contributed by atoms with E-state index in [1.807, 2.05) is 19.0 Å². The molecule has 1 aromatic heterocycles. The second kappa shape index (κ2) is 9.18. The van der Waals surface area contributed by atoms with Crippen LogP contribution in [0.5, 0.6) is 0 Å². The molecule has 1 atom stereocenters. The van der Waals surface area contributed by atoms with Crippen LogP contribution in [0.4, 0.5) is 0 Å². The van der Waals surface area contributed by atoms with Gasteiger partial charge in [0, 0.05) is 37.4 Å². The number of nitrogens with one attached hydrogen (secondary N) is 1. The lowest BCUT2D eigenvalue weighted by atomic mass is 10.1. The third-order valence-electron chi connectivity index (χ3n) is 4.60. The van der Waals surface area contributed by atoms with Gasteiger partial charge in [-0.3, -0.25) is 9.59 Å². The van der Waals surface area contributed by atoms with Gasteiger partial charge in [0.1, 0.15) is 0 Å². The van der Waals surface area contributed by atoms with E-state index in [1.54, 1.807) is 11.3 Å². The summed E-state index contributed by atoms with van der Waals surface area (Å²) >= 11 is 1.73. The summed E-state index contributed by atoms with van der Waals surface area (Å²) in [6.07, 6.45) is 4.15. The lowest BCUT2D eigenvalue weighted by molar-refractivity contribution is -0.131. The molecule has 1 aliphatic heterocycles. The number of hydrogen-bond donors (Lipinski definition) is 1. The zero-order valence-electron chi connectivity index (χ0n) is 15.0. The fourth-order valence-corrected chi connectivity index (χ4v) is 4.17. The van der Waals surface area contributed by atoms with Crippen LogP contribution < -0.4 is 5.32 Å². The largest absolute Gasteiger partial charge is 0.354 e. The molecule has 1 aromatic rings. The van der Waals surface area contributed by atoms with Crippen molar-refractivity contribution in [1.82, 2.24) is 15.1 Å². The van der Waals surface area contributed by atoms with E-state index in [4.69, 9.17) is 0 Å². The van der Waals surface area contributed by atoms with Gasteiger partial charge in [-0.1, -0.05) is 6.42 Å². The van der Waals surface area contributed by atoms with E-state index in [1.165, 1.54) is 10.4 Å². The van der Waals surface area contributed by atoms with E-state index in [2.05, 4.69) is 28.6 Å². The molecule has 2 amide bonds. The van der Waals surface area contributed by atoms with Gasteiger partial charge in [-0.05, 0) is 50.9 Å². The standard InChI is InChI=1S/C18H29N3O2S/c1-14-9-12-24-18(14)15(20(2)3)13-19-16(22)8-11-21-10-6-4-5-7-17(21)23/h9,12,15H,4-8,10-11,13H2,1-3H3,(H,19,22). The summed E-state index contributed by atoms with van der Waals surface area (Å²) in [5.41, 5.74) is 1.27. The van der Waals surface area contributed by atoms with Crippen molar-refractivity contribution >= 4 is 23.2 Å². The second-order valence-corrected chi connectivity index (χ2v) is 7.64. The zero-order chi connectivity index (χ0) is 17.5. The Kier molecular flexibility index (Phi) is 7.24. The van der Waals surface area contributed by atoms with E-state index in [0.717, 1.165) is 25.8 Å². The molecular formula is C18H29N3O2S. The molecule has 134 valence electrons. The maximum atomic E-state index is 12.2. The Morgan fingerprint density at radius 2 is 2.17 bits per heavy atom. The SMILES string of the molecule is Cc1ccsc1C(CNC(=O)CCN1CCCCCC1=O)N(C)C. The minimum Gasteiger partial charge on any atom is -0.354 e. The number of hydrogen-bond acceptors (Lipinski definition) is 4. The maximum Gasteiger partial charge on any atom is 0.222 e. The number of nitrogens with zero attached hydrogens (tertiary/aromatic N) is 2. The Labute approximate surface area is 149 Å². The summed E-state index contributed by atoms with van der Waals surface area (Å²) in [4.78, 5) is 29.4. The summed E-state index contributed by atoms with van der Waals surface area (Å²) in [5, 5.41) is 5.13. The number of thiophene rings is 1. The van der Waals surface area contributed by atoms with Crippen LogP contribution in [0, 0.1) is 6.92 Å². The molecule has 0 saturated carbocycles. The zero-order valence-corrected chi connectivity index (χ0v) is 15.8. The Balaban J connectivity index is 1.81. The highest BCUT2D eigenvalue weighted by atomic mass is 32.1. The number of carbonyl (C=O) groups excluding carboxylic acids is 2. The summed E-state index contributed by atoms with van der Waals surface area (Å²) in [5.74, 6) is 0.216. The molecule has 1 saturated heterocycles. The van der Waals surface area contributed by atoms with Crippen LogP contribution in [0.3, 0.4) is 0 Å². The first-order valence-electron chi connectivity index (χ1n) is 8.74. The summed E-state index contributed by atoms with van der Waals surface area (Å²) < 4.78 is 0. The fourth-order valence-electron chi connectivity index (χ4n) is 3.05. The van der Waals surface area contributed by atoms with E-state index >= 15 is 0 Å². The fraction of sp³-hybridized carbons (Fsp3) is 0.667. The minimum absolute atomic E-state index is 0.0214. The van der Waals surface area contributed by atoms with Crippen LogP contribution in [0.25, 0.3) is 0 Å². The van der Waals surface area contributed by atoms with Crippen LogP contribution in [-0.4, -0.2) is 55.3 Å². The molecule has 1 aliphatic rings. The average Bonchev–Trinajstić information content (AvgIpc) is 2.84. The van der Waals surface area contributed by atoms with Gasteiger partial charge in [0.05, 0.1) is 6.04 Å². The second-order valence-electron chi connectivity index (χ2n) is 6.69. The maximum absolute atomic E-state index is 12.2. The highest BCUT2D eigenvalue weighted by molar-refractivity contribution is 7.10. The van der Waals surface area contributed by atoms with Crippen molar-refractivity contribution < 1.29 is 9.59 Å². The number of likely N-dealkylation sites (tertiary alicyclic amines) is 1. The lowest BCUT2D eigenvalue weighted by Gasteiger charge is -2.25. The Morgan fingerprint density at radius 1 is 1.38 bits per heavy atom. The van der Waals surface area contributed by atoms with Crippen molar-refractivity contribution in [3.63, 3.8) is 0 Å². The summed E-state index contributed by atoms with van der Waals surface area (Å²) in [6.45, 7) is 4.03. The van der Waals surface area contributed by atoms with Crippen molar-refractivity contribution in [3.8, 4) is 0 Å². The molecule has 6 heteroatoms. The molecular weight excluding hydrogens is 322 g/mol. The highest BCUT2D eigenvalue weighted by Gasteiger charge is 2.20. The van der Waals surface area contributed by atoms with Gasteiger partial charge in [0.15, 0.2) is 0 Å². The van der Waals surface area contributed by atoms with Crippen molar-refractivity contribution in [2.45, 2.75) is 45.1 Å². The monoisotopic (exact) mass is 351 g/mol. The third kappa shape index (κ3) is 5.31. The van der Waals surface area contributed by atoms with Gasteiger partial charge < -0.3 is 15.1 Å². The van der Waals surface area contributed by atoms with Gasteiger partial charge in [0.25, 0.3) is 0 Å². The van der Waals surface area contributed by atoms with Crippen molar-refractivity contribution in [2.24, 2.45) is 0 Å². The van der Waals surface area contributed by atoms with Crippen LogP contribution in [0.15, 0.2) is 11.4 Å². The summed E-state index contributed by atoms with van der Waals surface area (Å²) in [6, 6.07) is 2.30. The van der Waals surface area contributed by atoms with Gasteiger partial charge in [-0.25, -0.2) is 0 Å².